The number of hydrogen-bond acceptors (Lipinski definition) is 4. The number of likely N-dealkylation sites (tertiary alicyclic amines) is 1. The number of amides is 1. The number of aromatic nitrogens is 2. The van der Waals surface area contributed by atoms with Gasteiger partial charge in [0.05, 0.1) is 5.41 Å². The molecule has 0 radical (unpaired) electrons. The molecule has 0 bridgehead atoms. The smallest absolute Gasteiger partial charge is 0.231 e. The summed E-state index contributed by atoms with van der Waals surface area (Å²) in [5.74, 6) is 1.14. The van der Waals surface area contributed by atoms with Crippen molar-refractivity contribution in [2.24, 2.45) is 5.92 Å². The van der Waals surface area contributed by atoms with Crippen molar-refractivity contribution >= 4 is 11.6 Å². The normalized spacial score (nSPS) is 19.3. The fourth-order valence-corrected chi connectivity index (χ4v) is 5.38. The Kier molecular flexibility index (Phi) is 7.31. The van der Waals surface area contributed by atoms with Crippen LogP contribution >= 0.6 is 0 Å². The maximum Gasteiger partial charge on any atom is 0.231 e. The van der Waals surface area contributed by atoms with Gasteiger partial charge in [0, 0.05) is 54.3 Å². The molecule has 0 saturated carbocycles. The molecule has 1 fully saturated rings. The predicted molar refractivity (Wildman–Crippen MR) is 149 cm³/mol. The van der Waals surface area contributed by atoms with Gasteiger partial charge in [-0.2, -0.15) is 0 Å². The van der Waals surface area contributed by atoms with Gasteiger partial charge >= 0.3 is 0 Å². The lowest BCUT2D eigenvalue weighted by atomic mass is 9.71. The minimum atomic E-state index is -0.561. The van der Waals surface area contributed by atoms with Crippen LogP contribution in [-0.4, -0.2) is 39.9 Å². The highest BCUT2D eigenvalue weighted by Crippen LogP contribution is 2.38. The highest BCUT2D eigenvalue weighted by molar-refractivity contribution is 5.89. The molecular formula is C32H34N4O. The number of nitrogens with zero attached hydrogens (tertiary/aromatic N) is 3. The summed E-state index contributed by atoms with van der Waals surface area (Å²) in [6, 6.07) is 20.3. The van der Waals surface area contributed by atoms with E-state index in [1.165, 1.54) is 0 Å². The lowest BCUT2D eigenvalue weighted by Crippen LogP contribution is -2.54. The lowest BCUT2D eigenvalue weighted by molar-refractivity contribution is -0.129. The van der Waals surface area contributed by atoms with Crippen LogP contribution in [0.5, 0.6) is 0 Å². The van der Waals surface area contributed by atoms with Gasteiger partial charge in [0.1, 0.15) is 0 Å². The summed E-state index contributed by atoms with van der Waals surface area (Å²) >= 11 is 0. The van der Waals surface area contributed by atoms with Crippen LogP contribution in [0.15, 0.2) is 104 Å². The molecule has 1 aliphatic carbocycles. The van der Waals surface area contributed by atoms with Crippen LogP contribution in [-0.2, 0) is 10.2 Å². The fourth-order valence-electron chi connectivity index (χ4n) is 5.38. The molecule has 188 valence electrons. The maximum absolute atomic E-state index is 13.9. The summed E-state index contributed by atoms with van der Waals surface area (Å²) in [6.45, 7) is 7.95. The van der Waals surface area contributed by atoms with Crippen molar-refractivity contribution in [1.82, 2.24) is 20.2 Å². The predicted octanol–water partition coefficient (Wildman–Crippen LogP) is 5.79. The maximum atomic E-state index is 13.9. The second-order valence-electron chi connectivity index (χ2n) is 10.0. The molecule has 1 amide bonds. The summed E-state index contributed by atoms with van der Waals surface area (Å²) in [4.78, 5) is 25.3. The Balaban J connectivity index is 1.30. The molecule has 2 heterocycles. The first-order valence-corrected chi connectivity index (χ1v) is 13.1. The molecule has 37 heavy (non-hydrogen) atoms. The molecule has 5 heteroatoms. The van der Waals surface area contributed by atoms with Crippen molar-refractivity contribution in [3.8, 4) is 11.4 Å². The monoisotopic (exact) mass is 490 g/mol. The molecule has 2 aliphatic rings. The van der Waals surface area contributed by atoms with E-state index in [1.54, 1.807) is 0 Å². The van der Waals surface area contributed by atoms with E-state index >= 15 is 0 Å². The van der Waals surface area contributed by atoms with E-state index in [2.05, 4.69) is 70.1 Å². The minimum absolute atomic E-state index is 0.0718. The summed E-state index contributed by atoms with van der Waals surface area (Å²) in [5, 5.41) is 3.37. The molecule has 1 unspecified atom stereocenters. The van der Waals surface area contributed by atoms with Gasteiger partial charge in [-0.05, 0) is 31.7 Å². The number of benzene rings is 2. The van der Waals surface area contributed by atoms with E-state index in [0.717, 1.165) is 54.7 Å². The van der Waals surface area contributed by atoms with Gasteiger partial charge in [-0.25, -0.2) is 9.97 Å². The van der Waals surface area contributed by atoms with Gasteiger partial charge in [0.2, 0.25) is 5.91 Å². The van der Waals surface area contributed by atoms with Gasteiger partial charge in [-0.3, -0.25) is 4.79 Å². The van der Waals surface area contributed by atoms with Crippen molar-refractivity contribution in [2.45, 2.75) is 37.6 Å². The molecule has 1 aliphatic heterocycles. The van der Waals surface area contributed by atoms with Gasteiger partial charge in [-0.1, -0.05) is 91.5 Å². The highest BCUT2D eigenvalue weighted by atomic mass is 16.2. The molecule has 0 spiro atoms. The first-order valence-electron chi connectivity index (χ1n) is 13.1. The standard InChI is InChI=1S/C32H34N4O/c1-24(26-12-6-3-7-13-26)35-31(37)32(29-16-10-5-11-17-29)18-20-36(21-19-32)25(2)28-22-33-30(34-23-28)27-14-8-4-9-15-27/h3-12,14-17,22-24,26H,2,13,18-21H2,1H3,(H,35,37)/t24-,26?/m0/s1. The second-order valence-corrected chi connectivity index (χ2v) is 10.0. The molecule has 5 rings (SSSR count). The second kappa shape index (κ2) is 11.0. The first kappa shape index (κ1) is 24.7. The zero-order valence-corrected chi connectivity index (χ0v) is 21.4. The van der Waals surface area contributed by atoms with E-state index in [-0.39, 0.29) is 11.9 Å². The summed E-state index contributed by atoms with van der Waals surface area (Å²) in [7, 11) is 0. The quantitative estimate of drug-likeness (QED) is 0.456. The van der Waals surface area contributed by atoms with Crippen molar-refractivity contribution in [3.05, 3.63) is 115 Å². The van der Waals surface area contributed by atoms with Gasteiger partial charge in [0.25, 0.3) is 0 Å². The van der Waals surface area contributed by atoms with E-state index < -0.39 is 5.41 Å². The SMILES string of the molecule is C=C(c1cnc(-c2ccccc2)nc1)N1CCC(C(=O)N[C@@H](C)C2C=CC=CC2)(c2ccccc2)CC1. The largest absolute Gasteiger partial charge is 0.371 e. The van der Waals surface area contributed by atoms with Crippen molar-refractivity contribution in [2.75, 3.05) is 13.1 Å². The van der Waals surface area contributed by atoms with E-state index in [9.17, 15) is 4.79 Å². The van der Waals surface area contributed by atoms with E-state index in [0.29, 0.717) is 11.7 Å². The lowest BCUT2D eigenvalue weighted by Gasteiger charge is -2.43. The fraction of sp³-hybridized carbons (Fsp3) is 0.281. The van der Waals surface area contributed by atoms with Crippen LogP contribution in [0.25, 0.3) is 17.1 Å². The Morgan fingerprint density at radius 1 is 1.00 bits per heavy atom. The van der Waals surface area contributed by atoms with Crippen molar-refractivity contribution < 1.29 is 4.79 Å². The topological polar surface area (TPSA) is 58.1 Å². The average Bonchev–Trinajstić information content (AvgIpc) is 2.98. The number of allylic oxidation sites excluding steroid dienone is 3. The molecule has 5 nitrogen and oxygen atoms in total. The highest BCUT2D eigenvalue weighted by Gasteiger charge is 2.43. The van der Waals surface area contributed by atoms with Crippen LogP contribution in [0.2, 0.25) is 0 Å². The molecule has 1 N–H and O–H groups in total. The van der Waals surface area contributed by atoms with E-state index in [1.807, 2.05) is 60.9 Å². The third-order valence-electron chi connectivity index (χ3n) is 7.79. The van der Waals surface area contributed by atoms with Crippen LogP contribution in [0.4, 0.5) is 0 Å². The molecular weight excluding hydrogens is 456 g/mol. The first-order chi connectivity index (χ1) is 18.1. The number of piperidine rings is 1. The summed E-state index contributed by atoms with van der Waals surface area (Å²) < 4.78 is 0. The van der Waals surface area contributed by atoms with E-state index in [4.69, 9.17) is 0 Å². The number of carbonyl (C=O) groups is 1. The Labute approximate surface area is 219 Å². The minimum Gasteiger partial charge on any atom is -0.371 e. The Hall–Kier alpha value is -3.99. The average molecular weight is 491 g/mol. The summed E-state index contributed by atoms with van der Waals surface area (Å²) in [6.07, 6.45) is 14.6. The van der Waals surface area contributed by atoms with Gasteiger partial charge < -0.3 is 10.2 Å². The number of hydrogen-bond donors (Lipinski definition) is 1. The Morgan fingerprint density at radius 2 is 1.65 bits per heavy atom. The van der Waals surface area contributed by atoms with Crippen LogP contribution < -0.4 is 5.32 Å². The number of nitrogens with one attached hydrogen (secondary N) is 1. The van der Waals surface area contributed by atoms with Crippen LogP contribution in [0.3, 0.4) is 0 Å². The van der Waals surface area contributed by atoms with Crippen LogP contribution in [0, 0.1) is 5.92 Å². The summed E-state index contributed by atoms with van der Waals surface area (Å²) in [5.41, 5.74) is 3.31. The Bertz CT molecular complexity index is 1270. The molecule has 1 aromatic heterocycles. The third kappa shape index (κ3) is 5.26. The molecule has 2 atom stereocenters. The van der Waals surface area contributed by atoms with Gasteiger partial charge in [-0.15, -0.1) is 0 Å². The molecule has 3 aromatic rings. The van der Waals surface area contributed by atoms with Crippen molar-refractivity contribution in [3.63, 3.8) is 0 Å². The Morgan fingerprint density at radius 3 is 2.27 bits per heavy atom. The third-order valence-corrected chi connectivity index (χ3v) is 7.79. The van der Waals surface area contributed by atoms with Crippen molar-refractivity contribution in [1.29, 1.82) is 0 Å². The zero-order chi connectivity index (χ0) is 25.7. The van der Waals surface area contributed by atoms with Gasteiger partial charge in [0.15, 0.2) is 5.82 Å². The number of rotatable bonds is 7. The molecule has 2 aromatic carbocycles. The zero-order valence-electron chi connectivity index (χ0n) is 21.4. The number of carbonyl (C=O) groups excluding carboxylic acids is 1. The van der Waals surface area contributed by atoms with Crippen LogP contribution in [0.1, 0.15) is 37.3 Å². The molecule has 1 saturated heterocycles.